The van der Waals surface area contributed by atoms with Gasteiger partial charge in [-0.2, -0.15) is 0 Å². The highest BCUT2D eigenvalue weighted by Gasteiger charge is 2.35. The standard InChI is InChI=1S/C23H28F2N4O/c24-19-4-6-21(7-5-19)28-10-12-29(13-11-28)22(26)27-17-23(8-14-30-15-9-23)18-2-1-3-20(25)16-18/h1-7,16H,8-15,17H2,(H2,26,27). The minimum absolute atomic E-state index is 0.228. The molecule has 2 N–H and O–H groups in total. The second kappa shape index (κ2) is 9.00. The van der Waals surface area contributed by atoms with E-state index in [4.69, 9.17) is 15.5 Å². The van der Waals surface area contributed by atoms with Crippen molar-refractivity contribution in [3.05, 3.63) is 65.7 Å². The third kappa shape index (κ3) is 4.56. The van der Waals surface area contributed by atoms with Crippen LogP contribution in [0.4, 0.5) is 14.5 Å². The lowest BCUT2D eigenvalue weighted by atomic mass is 9.74. The van der Waals surface area contributed by atoms with E-state index in [1.807, 2.05) is 6.07 Å². The number of anilines is 1. The van der Waals surface area contributed by atoms with E-state index >= 15 is 0 Å². The van der Waals surface area contributed by atoms with Crippen LogP contribution in [0.3, 0.4) is 0 Å². The van der Waals surface area contributed by atoms with Crippen LogP contribution < -0.4 is 10.6 Å². The molecule has 0 atom stereocenters. The van der Waals surface area contributed by atoms with Crippen molar-refractivity contribution in [1.82, 2.24) is 4.90 Å². The van der Waals surface area contributed by atoms with Gasteiger partial charge in [0.15, 0.2) is 5.96 Å². The molecule has 30 heavy (non-hydrogen) atoms. The summed E-state index contributed by atoms with van der Waals surface area (Å²) in [6.07, 6.45) is 1.59. The Morgan fingerprint density at radius 3 is 2.33 bits per heavy atom. The third-order valence-corrected chi connectivity index (χ3v) is 6.23. The van der Waals surface area contributed by atoms with E-state index in [9.17, 15) is 8.78 Å². The average molecular weight is 415 g/mol. The topological polar surface area (TPSA) is 54.1 Å². The van der Waals surface area contributed by atoms with Crippen molar-refractivity contribution in [2.45, 2.75) is 18.3 Å². The number of rotatable bonds is 4. The normalized spacial score (nSPS) is 19.7. The Morgan fingerprint density at radius 2 is 1.67 bits per heavy atom. The molecule has 0 aromatic heterocycles. The zero-order chi connectivity index (χ0) is 21.0. The summed E-state index contributed by atoms with van der Waals surface area (Å²) in [7, 11) is 0. The van der Waals surface area contributed by atoms with Crippen LogP contribution in [0.25, 0.3) is 0 Å². The molecule has 2 fully saturated rings. The second-order valence-electron chi connectivity index (χ2n) is 8.03. The molecular formula is C23H28F2N4O. The quantitative estimate of drug-likeness (QED) is 0.617. The van der Waals surface area contributed by atoms with Gasteiger partial charge in [0.2, 0.25) is 0 Å². The van der Waals surface area contributed by atoms with Gasteiger partial charge in [-0.15, -0.1) is 0 Å². The molecule has 0 aliphatic carbocycles. The number of benzene rings is 2. The maximum absolute atomic E-state index is 13.9. The number of hydrogen-bond donors (Lipinski definition) is 1. The van der Waals surface area contributed by atoms with Crippen molar-refractivity contribution < 1.29 is 13.5 Å². The Morgan fingerprint density at radius 1 is 0.967 bits per heavy atom. The largest absolute Gasteiger partial charge is 0.381 e. The molecule has 0 bridgehead atoms. The van der Waals surface area contributed by atoms with Crippen LogP contribution in [0.15, 0.2) is 53.5 Å². The Kier molecular flexibility index (Phi) is 6.18. The van der Waals surface area contributed by atoms with Crippen LogP contribution in [-0.4, -0.2) is 56.8 Å². The highest BCUT2D eigenvalue weighted by Crippen LogP contribution is 2.35. The molecule has 5 nitrogen and oxygen atoms in total. The average Bonchev–Trinajstić information content (AvgIpc) is 2.79. The maximum Gasteiger partial charge on any atom is 0.191 e. The molecule has 7 heteroatoms. The molecule has 0 spiro atoms. The second-order valence-corrected chi connectivity index (χ2v) is 8.03. The number of ether oxygens (including phenoxy) is 1. The molecule has 160 valence electrons. The molecule has 2 aromatic rings. The minimum Gasteiger partial charge on any atom is -0.381 e. The lowest BCUT2D eigenvalue weighted by Gasteiger charge is -2.38. The zero-order valence-electron chi connectivity index (χ0n) is 17.1. The third-order valence-electron chi connectivity index (χ3n) is 6.23. The fourth-order valence-electron chi connectivity index (χ4n) is 4.30. The summed E-state index contributed by atoms with van der Waals surface area (Å²) in [5.41, 5.74) is 8.06. The monoisotopic (exact) mass is 414 g/mol. The SMILES string of the molecule is NC(=NCC1(c2cccc(F)c2)CCOCC1)N1CCN(c2ccc(F)cc2)CC1. The van der Waals surface area contributed by atoms with Crippen LogP contribution in [0.2, 0.25) is 0 Å². The maximum atomic E-state index is 13.9. The van der Waals surface area contributed by atoms with Crippen molar-refractivity contribution in [3.63, 3.8) is 0 Å². The summed E-state index contributed by atoms with van der Waals surface area (Å²) in [4.78, 5) is 9.03. The van der Waals surface area contributed by atoms with Gasteiger partial charge in [-0.05, 0) is 54.8 Å². The van der Waals surface area contributed by atoms with Crippen LogP contribution >= 0.6 is 0 Å². The van der Waals surface area contributed by atoms with Gasteiger partial charge < -0.3 is 20.3 Å². The number of nitrogens with two attached hydrogens (primary N) is 1. The first-order valence-corrected chi connectivity index (χ1v) is 10.4. The number of halogens is 2. The van der Waals surface area contributed by atoms with Gasteiger partial charge in [-0.3, -0.25) is 4.99 Å². The van der Waals surface area contributed by atoms with E-state index in [1.54, 1.807) is 24.3 Å². The van der Waals surface area contributed by atoms with Crippen molar-refractivity contribution in [1.29, 1.82) is 0 Å². The first kappa shape index (κ1) is 20.6. The van der Waals surface area contributed by atoms with Gasteiger partial charge >= 0.3 is 0 Å². The first-order valence-electron chi connectivity index (χ1n) is 10.4. The molecule has 2 aliphatic rings. The van der Waals surface area contributed by atoms with Crippen LogP contribution in [0.5, 0.6) is 0 Å². The molecule has 0 radical (unpaired) electrons. The molecule has 2 aromatic carbocycles. The number of guanidine groups is 1. The number of piperazine rings is 1. The van der Waals surface area contributed by atoms with Crippen molar-refractivity contribution in [3.8, 4) is 0 Å². The predicted octanol–water partition coefficient (Wildman–Crippen LogP) is 3.15. The van der Waals surface area contributed by atoms with Crippen LogP contribution in [-0.2, 0) is 10.2 Å². The van der Waals surface area contributed by atoms with Gasteiger partial charge in [0.05, 0.1) is 6.54 Å². The zero-order valence-corrected chi connectivity index (χ0v) is 17.1. The Balaban J connectivity index is 1.42. The summed E-state index contributed by atoms with van der Waals surface area (Å²) in [6.45, 7) is 4.90. The molecule has 0 saturated carbocycles. The smallest absolute Gasteiger partial charge is 0.191 e. The highest BCUT2D eigenvalue weighted by molar-refractivity contribution is 5.78. The van der Waals surface area contributed by atoms with Crippen molar-refractivity contribution >= 4 is 11.6 Å². The van der Waals surface area contributed by atoms with Crippen LogP contribution in [0.1, 0.15) is 18.4 Å². The Labute approximate surface area is 176 Å². The Bertz CT molecular complexity index is 873. The fourth-order valence-corrected chi connectivity index (χ4v) is 4.30. The van der Waals surface area contributed by atoms with Gasteiger partial charge in [-0.25, -0.2) is 8.78 Å². The molecular weight excluding hydrogens is 386 g/mol. The van der Waals surface area contributed by atoms with Gasteiger partial charge in [-0.1, -0.05) is 12.1 Å². The molecule has 0 unspecified atom stereocenters. The van der Waals surface area contributed by atoms with Crippen molar-refractivity contribution in [2.75, 3.05) is 50.8 Å². The summed E-state index contributed by atoms with van der Waals surface area (Å²) < 4.78 is 32.6. The molecule has 0 amide bonds. The number of hydrogen-bond acceptors (Lipinski definition) is 3. The van der Waals surface area contributed by atoms with Gasteiger partial charge in [0.1, 0.15) is 11.6 Å². The van der Waals surface area contributed by atoms with E-state index in [1.165, 1.54) is 18.2 Å². The minimum atomic E-state index is -0.249. The molecule has 2 heterocycles. The first-order chi connectivity index (χ1) is 14.6. The van der Waals surface area contributed by atoms with E-state index < -0.39 is 0 Å². The summed E-state index contributed by atoms with van der Waals surface area (Å²) in [5, 5.41) is 0. The van der Waals surface area contributed by atoms with Crippen LogP contribution in [0, 0.1) is 11.6 Å². The lowest BCUT2D eigenvalue weighted by molar-refractivity contribution is 0.0529. The number of aliphatic imine (C=N–C) groups is 1. The van der Waals surface area contributed by atoms with E-state index in [-0.39, 0.29) is 17.0 Å². The summed E-state index contributed by atoms with van der Waals surface area (Å²) >= 11 is 0. The molecule has 2 saturated heterocycles. The summed E-state index contributed by atoms with van der Waals surface area (Å²) in [6, 6.07) is 13.4. The van der Waals surface area contributed by atoms with E-state index in [0.29, 0.717) is 25.7 Å². The molecule has 4 rings (SSSR count). The van der Waals surface area contributed by atoms with E-state index in [2.05, 4.69) is 9.80 Å². The predicted molar refractivity (Wildman–Crippen MR) is 115 cm³/mol. The molecule has 2 aliphatic heterocycles. The van der Waals surface area contributed by atoms with E-state index in [0.717, 1.165) is 50.3 Å². The highest BCUT2D eigenvalue weighted by atomic mass is 19.1. The van der Waals surface area contributed by atoms with Gasteiger partial charge in [0, 0.05) is 50.5 Å². The summed E-state index contributed by atoms with van der Waals surface area (Å²) in [5.74, 6) is 0.0670. The number of nitrogens with zero attached hydrogens (tertiary/aromatic N) is 3. The lowest BCUT2D eigenvalue weighted by Crippen LogP contribution is -2.51. The van der Waals surface area contributed by atoms with Gasteiger partial charge in [0.25, 0.3) is 0 Å². The van der Waals surface area contributed by atoms with Crippen molar-refractivity contribution in [2.24, 2.45) is 10.7 Å². The Hall–Kier alpha value is -2.67. The fraction of sp³-hybridized carbons (Fsp3) is 0.435.